The Morgan fingerprint density at radius 3 is 2.44 bits per heavy atom. The number of nitrogens with one attached hydrogen (secondary N) is 1. The highest BCUT2D eigenvalue weighted by Gasteiger charge is 2.29. The number of amides is 1. The van der Waals surface area contributed by atoms with E-state index in [9.17, 15) is 17.6 Å². The Morgan fingerprint density at radius 2 is 1.79 bits per heavy atom. The molecule has 1 aliphatic heterocycles. The van der Waals surface area contributed by atoms with Gasteiger partial charge in [0.2, 0.25) is 10.0 Å². The number of nitrogens with zero attached hydrogens (tertiary/aromatic N) is 2. The number of aryl methyl sites for hydroxylation is 2. The van der Waals surface area contributed by atoms with Crippen molar-refractivity contribution in [2.45, 2.75) is 24.3 Å². The number of sulfonamides is 1. The Labute approximate surface area is 199 Å². The quantitative estimate of drug-likeness (QED) is 0.557. The molecule has 0 spiro atoms. The summed E-state index contributed by atoms with van der Waals surface area (Å²) in [6.45, 7) is 3.28. The molecule has 180 valence electrons. The third-order valence-electron chi connectivity index (χ3n) is 6.00. The minimum absolute atomic E-state index is 0.0525. The zero-order chi connectivity index (χ0) is 24.3. The van der Waals surface area contributed by atoms with E-state index in [2.05, 4.69) is 12.2 Å². The molecule has 4 rings (SSSR count). The summed E-state index contributed by atoms with van der Waals surface area (Å²) in [5.41, 5.74) is 2.73. The molecular formula is C25H28FN3O4S. The van der Waals surface area contributed by atoms with Crippen molar-refractivity contribution in [2.75, 3.05) is 26.3 Å². The van der Waals surface area contributed by atoms with Gasteiger partial charge in [0.1, 0.15) is 16.4 Å². The Morgan fingerprint density at radius 1 is 1.09 bits per heavy atom. The summed E-state index contributed by atoms with van der Waals surface area (Å²) in [5.74, 6) is -0.862. The second-order valence-corrected chi connectivity index (χ2v) is 10.2. The van der Waals surface area contributed by atoms with Gasteiger partial charge in [0.15, 0.2) is 0 Å². The molecule has 9 heteroatoms. The molecule has 2 aromatic carbocycles. The van der Waals surface area contributed by atoms with Crippen molar-refractivity contribution < 1.29 is 22.3 Å². The van der Waals surface area contributed by atoms with Gasteiger partial charge in [0, 0.05) is 26.3 Å². The molecule has 3 aromatic rings. The first-order chi connectivity index (χ1) is 16.3. The molecule has 0 bridgehead atoms. The van der Waals surface area contributed by atoms with Gasteiger partial charge >= 0.3 is 0 Å². The van der Waals surface area contributed by atoms with Crippen molar-refractivity contribution in [3.05, 3.63) is 89.0 Å². The molecule has 1 atom stereocenters. The number of carbonyl (C=O) groups is 1. The smallest absolute Gasteiger partial charge is 0.268 e. The van der Waals surface area contributed by atoms with E-state index in [4.69, 9.17) is 4.74 Å². The molecule has 1 saturated heterocycles. The maximum Gasteiger partial charge on any atom is 0.268 e. The summed E-state index contributed by atoms with van der Waals surface area (Å²) in [6.07, 6.45) is 2.31. The van der Waals surface area contributed by atoms with Gasteiger partial charge in [-0.2, -0.15) is 4.31 Å². The molecule has 1 aliphatic rings. The van der Waals surface area contributed by atoms with Crippen molar-refractivity contribution in [1.82, 2.24) is 14.2 Å². The molecule has 7 nitrogen and oxygen atoms in total. The highest BCUT2D eigenvalue weighted by Crippen LogP contribution is 2.25. The molecule has 1 fully saturated rings. The Kier molecular flexibility index (Phi) is 7.16. The summed E-state index contributed by atoms with van der Waals surface area (Å²) in [6, 6.07) is 14.6. The topological polar surface area (TPSA) is 80.6 Å². The highest BCUT2D eigenvalue weighted by atomic mass is 32.2. The van der Waals surface area contributed by atoms with Gasteiger partial charge in [-0.05, 0) is 41.3 Å². The summed E-state index contributed by atoms with van der Waals surface area (Å²) in [7, 11) is -2.11. The van der Waals surface area contributed by atoms with E-state index in [0.29, 0.717) is 18.8 Å². The average molecular weight is 486 g/mol. The first kappa shape index (κ1) is 24.1. The molecular weight excluding hydrogens is 457 g/mol. The molecule has 1 N–H and O–H groups in total. The van der Waals surface area contributed by atoms with Crippen LogP contribution < -0.4 is 5.32 Å². The van der Waals surface area contributed by atoms with Gasteiger partial charge in [-0.3, -0.25) is 4.79 Å². The lowest BCUT2D eigenvalue weighted by Gasteiger charge is -2.25. The van der Waals surface area contributed by atoms with Gasteiger partial charge in [-0.25, -0.2) is 12.8 Å². The maximum atomic E-state index is 14.0. The maximum absolute atomic E-state index is 14.0. The molecule has 34 heavy (non-hydrogen) atoms. The van der Waals surface area contributed by atoms with E-state index in [1.807, 2.05) is 24.3 Å². The zero-order valence-electron chi connectivity index (χ0n) is 19.2. The third kappa shape index (κ3) is 5.06. The SMILES string of the molecule is CCc1ccc(C(NC(=O)c2cc(S(=O)(=O)N3CCOCC3)cn2C)c2cccc(F)c2)cc1. The van der Waals surface area contributed by atoms with Crippen LogP contribution in [-0.2, 0) is 28.2 Å². The van der Waals surface area contributed by atoms with Crippen LogP contribution in [0.25, 0.3) is 0 Å². The van der Waals surface area contributed by atoms with Gasteiger partial charge in [-0.15, -0.1) is 0 Å². The van der Waals surface area contributed by atoms with Crippen LogP contribution in [0.15, 0.2) is 65.7 Å². The number of halogens is 1. The van der Waals surface area contributed by atoms with Crippen LogP contribution in [0.1, 0.15) is 40.1 Å². The molecule has 0 aliphatic carbocycles. The number of carbonyl (C=O) groups excluding carboxylic acids is 1. The normalized spacial score (nSPS) is 15.7. The lowest BCUT2D eigenvalue weighted by Crippen LogP contribution is -2.40. The Balaban J connectivity index is 1.64. The van der Waals surface area contributed by atoms with E-state index in [1.165, 1.54) is 33.3 Å². The molecule has 0 radical (unpaired) electrons. The lowest BCUT2D eigenvalue weighted by atomic mass is 9.97. The number of hydrogen-bond donors (Lipinski definition) is 1. The van der Waals surface area contributed by atoms with Crippen molar-refractivity contribution >= 4 is 15.9 Å². The van der Waals surface area contributed by atoms with E-state index in [-0.39, 0.29) is 23.7 Å². The fourth-order valence-electron chi connectivity index (χ4n) is 4.03. The first-order valence-electron chi connectivity index (χ1n) is 11.2. The summed E-state index contributed by atoms with van der Waals surface area (Å²) in [4.78, 5) is 13.3. The minimum atomic E-state index is -3.74. The minimum Gasteiger partial charge on any atom is -0.379 e. The molecule has 2 heterocycles. The largest absolute Gasteiger partial charge is 0.379 e. The van der Waals surface area contributed by atoms with Crippen LogP contribution in [0.2, 0.25) is 0 Å². The van der Waals surface area contributed by atoms with Crippen molar-refractivity contribution in [3.63, 3.8) is 0 Å². The third-order valence-corrected chi connectivity index (χ3v) is 7.86. The lowest BCUT2D eigenvalue weighted by molar-refractivity contribution is 0.0730. The summed E-state index contributed by atoms with van der Waals surface area (Å²) in [5, 5.41) is 2.96. The van der Waals surface area contributed by atoms with Crippen LogP contribution in [0.4, 0.5) is 4.39 Å². The first-order valence-corrected chi connectivity index (χ1v) is 12.6. The van der Waals surface area contributed by atoms with E-state index in [1.54, 1.807) is 19.2 Å². The molecule has 1 unspecified atom stereocenters. The standard InChI is InChI=1S/C25H28FN3O4S/c1-3-18-7-9-19(10-8-18)24(20-5-4-6-21(26)15-20)27-25(30)23-16-22(17-28(23)2)34(31,32)29-11-13-33-14-12-29/h4-10,15-17,24H,3,11-14H2,1-2H3,(H,27,30). The predicted molar refractivity (Wildman–Crippen MR) is 127 cm³/mol. The second-order valence-electron chi connectivity index (χ2n) is 8.25. The Hall–Kier alpha value is -3.01. The average Bonchev–Trinajstić information content (AvgIpc) is 3.25. The van der Waals surface area contributed by atoms with Crippen molar-refractivity contribution in [3.8, 4) is 0 Å². The number of aromatic nitrogens is 1. The fourth-order valence-corrected chi connectivity index (χ4v) is 5.51. The van der Waals surface area contributed by atoms with Gasteiger partial charge < -0.3 is 14.6 Å². The van der Waals surface area contributed by atoms with Crippen LogP contribution in [0, 0.1) is 5.82 Å². The van der Waals surface area contributed by atoms with E-state index >= 15 is 0 Å². The van der Waals surface area contributed by atoms with Gasteiger partial charge in [0.05, 0.1) is 19.3 Å². The monoisotopic (exact) mass is 485 g/mol. The van der Waals surface area contributed by atoms with Gasteiger partial charge in [0.25, 0.3) is 5.91 Å². The number of morpholine rings is 1. The van der Waals surface area contributed by atoms with Crippen LogP contribution >= 0.6 is 0 Å². The Bertz CT molecular complexity index is 1270. The zero-order valence-corrected chi connectivity index (χ0v) is 20.0. The molecule has 0 saturated carbocycles. The van der Waals surface area contributed by atoms with Crippen molar-refractivity contribution in [1.29, 1.82) is 0 Å². The van der Waals surface area contributed by atoms with E-state index < -0.39 is 27.8 Å². The van der Waals surface area contributed by atoms with Crippen molar-refractivity contribution in [2.24, 2.45) is 7.05 Å². The fraction of sp³-hybridized carbons (Fsp3) is 0.320. The number of ether oxygens (including phenoxy) is 1. The summed E-state index contributed by atoms with van der Waals surface area (Å²) < 4.78 is 48.1. The molecule has 1 aromatic heterocycles. The van der Waals surface area contributed by atoms with Crippen LogP contribution in [0.5, 0.6) is 0 Å². The molecule has 1 amide bonds. The van der Waals surface area contributed by atoms with Crippen LogP contribution in [0.3, 0.4) is 0 Å². The van der Waals surface area contributed by atoms with Gasteiger partial charge in [-0.1, -0.05) is 43.3 Å². The van der Waals surface area contributed by atoms with E-state index in [0.717, 1.165) is 17.5 Å². The van der Waals surface area contributed by atoms with Crippen LogP contribution in [-0.4, -0.2) is 49.5 Å². The number of benzene rings is 2. The number of rotatable bonds is 7. The predicted octanol–water partition coefficient (Wildman–Crippen LogP) is 3.27. The number of hydrogen-bond acceptors (Lipinski definition) is 4. The second kappa shape index (κ2) is 10.1. The highest BCUT2D eigenvalue weighted by molar-refractivity contribution is 7.89. The summed E-state index contributed by atoms with van der Waals surface area (Å²) >= 11 is 0.